The third kappa shape index (κ3) is 2.21. The van der Waals surface area contributed by atoms with Crippen molar-refractivity contribution in [3.63, 3.8) is 0 Å². The van der Waals surface area contributed by atoms with Crippen molar-refractivity contribution in [2.24, 2.45) is 0 Å². The molecule has 130 valence electrons. The van der Waals surface area contributed by atoms with E-state index in [0.717, 1.165) is 0 Å². The minimum Gasteiger partial charge on any atom is -0.450 e. The molecule has 4 rings (SSSR count). The van der Waals surface area contributed by atoms with Gasteiger partial charge in [-0.2, -0.15) is 0 Å². The lowest BCUT2D eigenvalue weighted by molar-refractivity contribution is -0.384. The van der Waals surface area contributed by atoms with Gasteiger partial charge in [0.1, 0.15) is 5.58 Å². The Morgan fingerprint density at radius 2 is 1.81 bits per heavy atom. The van der Waals surface area contributed by atoms with Gasteiger partial charge < -0.3 is 9.32 Å². The minimum atomic E-state index is -0.621. The van der Waals surface area contributed by atoms with Gasteiger partial charge in [-0.3, -0.25) is 19.7 Å². The first kappa shape index (κ1) is 16.0. The first-order chi connectivity index (χ1) is 12.5. The second-order valence-corrected chi connectivity index (χ2v) is 6.01. The SMILES string of the molecule is CCN1C(=O)c2oc3ccccc3c(=O)c2[C@@H]1c1ccc([N+](=O)[O-])cc1. The number of benzene rings is 2. The summed E-state index contributed by atoms with van der Waals surface area (Å²) in [5.74, 6) is -0.312. The van der Waals surface area contributed by atoms with Gasteiger partial charge in [-0.15, -0.1) is 0 Å². The van der Waals surface area contributed by atoms with Crippen LogP contribution in [0.2, 0.25) is 0 Å². The number of nitro benzene ring substituents is 1. The second-order valence-electron chi connectivity index (χ2n) is 6.01. The molecule has 0 saturated heterocycles. The van der Waals surface area contributed by atoms with Crippen molar-refractivity contribution in [1.82, 2.24) is 4.90 Å². The summed E-state index contributed by atoms with van der Waals surface area (Å²) in [4.78, 5) is 37.7. The topological polar surface area (TPSA) is 93.7 Å². The van der Waals surface area contributed by atoms with E-state index in [4.69, 9.17) is 4.42 Å². The highest BCUT2D eigenvalue weighted by atomic mass is 16.6. The molecule has 0 fully saturated rings. The summed E-state index contributed by atoms with van der Waals surface area (Å²) in [7, 11) is 0. The summed E-state index contributed by atoms with van der Waals surface area (Å²) in [5, 5.41) is 11.3. The molecule has 7 heteroatoms. The summed E-state index contributed by atoms with van der Waals surface area (Å²) in [6.07, 6.45) is 0. The molecule has 0 radical (unpaired) electrons. The normalized spacial score (nSPS) is 16.1. The molecule has 2 heterocycles. The van der Waals surface area contributed by atoms with Gasteiger partial charge in [-0.1, -0.05) is 12.1 Å². The Hall–Kier alpha value is -3.48. The number of nitro groups is 1. The molecule has 1 aromatic heterocycles. The van der Waals surface area contributed by atoms with Gasteiger partial charge in [-0.25, -0.2) is 0 Å². The number of hydrogen-bond acceptors (Lipinski definition) is 5. The summed E-state index contributed by atoms with van der Waals surface area (Å²) >= 11 is 0. The van der Waals surface area contributed by atoms with Crippen molar-refractivity contribution in [1.29, 1.82) is 0 Å². The van der Waals surface area contributed by atoms with Crippen LogP contribution in [0.25, 0.3) is 11.0 Å². The monoisotopic (exact) mass is 350 g/mol. The van der Waals surface area contributed by atoms with Crippen LogP contribution < -0.4 is 5.43 Å². The average molecular weight is 350 g/mol. The Kier molecular flexibility index (Phi) is 3.57. The number of para-hydroxylation sites is 1. The highest BCUT2D eigenvalue weighted by Gasteiger charge is 2.41. The zero-order valence-corrected chi connectivity index (χ0v) is 13.8. The third-order valence-corrected chi connectivity index (χ3v) is 4.63. The molecule has 0 unspecified atom stereocenters. The minimum absolute atomic E-state index is 0.0407. The van der Waals surface area contributed by atoms with Gasteiger partial charge in [0.25, 0.3) is 11.6 Å². The van der Waals surface area contributed by atoms with Crippen molar-refractivity contribution < 1.29 is 14.1 Å². The number of nitrogens with zero attached hydrogens (tertiary/aromatic N) is 2. The maximum absolute atomic E-state index is 13.0. The van der Waals surface area contributed by atoms with Crippen LogP contribution in [0.4, 0.5) is 5.69 Å². The van der Waals surface area contributed by atoms with E-state index in [-0.39, 0.29) is 28.3 Å². The van der Waals surface area contributed by atoms with E-state index in [1.807, 2.05) is 6.92 Å². The lowest BCUT2D eigenvalue weighted by Crippen LogP contribution is -2.29. The van der Waals surface area contributed by atoms with Gasteiger partial charge in [-0.05, 0) is 36.8 Å². The number of rotatable bonds is 3. The van der Waals surface area contributed by atoms with E-state index in [9.17, 15) is 19.7 Å². The van der Waals surface area contributed by atoms with Gasteiger partial charge >= 0.3 is 0 Å². The second kappa shape index (κ2) is 5.80. The van der Waals surface area contributed by atoms with Gasteiger partial charge in [0.15, 0.2) is 5.43 Å². The van der Waals surface area contributed by atoms with E-state index in [0.29, 0.717) is 23.1 Å². The molecule has 0 spiro atoms. The zero-order valence-electron chi connectivity index (χ0n) is 13.8. The number of non-ortho nitro benzene ring substituents is 1. The predicted octanol–water partition coefficient (Wildman–Crippen LogP) is 3.27. The Labute approximate surface area is 147 Å². The molecule has 2 aromatic carbocycles. The van der Waals surface area contributed by atoms with E-state index < -0.39 is 11.0 Å². The first-order valence-electron chi connectivity index (χ1n) is 8.14. The van der Waals surface area contributed by atoms with Crippen molar-refractivity contribution in [2.75, 3.05) is 6.54 Å². The van der Waals surface area contributed by atoms with Crippen LogP contribution in [0.1, 0.15) is 34.6 Å². The molecule has 0 saturated carbocycles. The van der Waals surface area contributed by atoms with E-state index in [1.54, 1.807) is 36.4 Å². The lowest BCUT2D eigenvalue weighted by atomic mass is 9.98. The average Bonchev–Trinajstić information content (AvgIpc) is 2.94. The smallest absolute Gasteiger partial charge is 0.290 e. The Morgan fingerprint density at radius 1 is 1.12 bits per heavy atom. The summed E-state index contributed by atoms with van der Waals surface area (Å²) < 4.78 is 5.74. The Balaban J connectivity index is 1.96. The van der Waals surface area contributed by atoms with Crippen molar-refractivity contribution in [3.05, 3.63) is 85.8 Å². The summed E-state index contributed by atoms with van der Waals surface area (Å²) in [6.45, 7) is 2.19. The van der Waals surface area contributed by atoms with Crippen LogP contribution in [0.5, 0.6) is 0 Å². The van der Waals surface area contributed by atoms with Gasteiger partial charge in [0.05, 0.1) is 21.9 Å². The molecule has 26 heavy (non-hydrogen) atoms. The number of hydrogen-bond donors (Lipinski definition) is 0. The van der Waals surface area contributed by atoms with Crippen LogP contribution in [0.3, 0.4) is 0 Å². The maximum Gasteiger partial charge on any atom is 0.290 e. The lowest BCUT2D eigenvalue weighted by Gasteiger charge is -2.23. The Bertz CT molecular complexity index is 1100. The number of carbonyl (C=O) groups is 1. The van der Waals surface area contributed by atoms with Gasteiger partial charge in [0, 0.05) is 18.7 Å². The maximum atomic E-state index is 13.0. The van der Waals surface area contributed by atoms with Gasteiger partial charge in [0.2, 0.25) is 5.76 Å². The number of carbonyl (C=O) groups excluding carboxylic acids is 1. The fourth-order valence-corrected chi connectivity index (χ4v) is 3.42. The highest BCUT2D eigenvalue weighted by Crippen LogP contribution is 2.38. The zero-order chi connectivity index (χ0) is 18.4. The standard InChI is InChI=1S/C19H14N2O5/c1-2-20-16(11-7-9-12(10-8-11)21(24)25)15-17(22)13-5-3-4-6-14(13)26-18(15)19(20)23/h3-10,16H,2H2,1H3/t16-/m0/s1. The van der Waals surface area contributed by atoms with Crippen molar-refractivity contribution in [3.8, 4) is 0 Å². The third-order valence-electron chi connectivity index (χ3n) is 4.63. The van der Waals surface area contributed by atoms with Crippen LogP contribution in [-0.2, 0) is 0 Å². The summed E-state index contributed by atoms with van der Waals surface area (Å²) in [5.41, 5.74) is 0.975. The molecule has 0 N–H and O–H groups in total. The number of fused-ring (bicyclic) bond motifs is 2. The largest absolute Gasteiger partial charge is 0.450 e. The first-order valence-corrected chi connectivity index (χ1v) is 8.14. The highest BCUT2D eigenvalue weighted by molar-refractivity contribution is 5.99. The molecule has 1 amide bonds. The molecule has 3 aromatic rings. The van der Waals surface area contributed by atoms with E-state index in [1.165, 1.54) is 17.0 Å². The molecule has 1 aliphatic rings. The molecule has 7 nitrogen and oxygen atoms in total. The molecular weight excluding hydrogens is 336 g/mol. The number of amides is 1. The van der Waals surface area contributed by atoms with Crippen LogP contribution in [0, 0.1) is 10.1 Å². The predicted molar refractivity (Wildman–Crippen MR) is 94.1 cm³/mol. The quantitative estimate of drug-likeness (QED) is 0.534. The molecule has 0 aliphatic carbocycles. The van der Waals surface area contributed by atoms with E-state index >= 15 is 0 Å². The molecule has 1 atom stereocenters. The van der Waals surface area contributed by atoms with E-state index in [2.05, 4.69) is 0 Å². The molecule has 1 aliphatic heterocycles. The fraction of sp³-hybridized carbons (Fsp3) is 0.158. The Morgan fingerprint density at radius 3 is 2.46 bits per heavy atom. The van der Waals surface area contributed by atoms with Crippen molar-refractivity contribution in [2.45, 2.75) is 13.0 Å². The van der Waals surface area contributed by atoms with Crippen LogP contribution >= 0.6 is 0 Å². The molecule has 0 bridgehead atoms. The van der Waals surface area contributed by atoms with Crippen molar-refractivity contribution >= 4 is 22.6 Å². The summed E-state index contributed by atoms with van der Waals surface area (Å²) in [6, 6.07) is 12.0. The fourth-order valence-electron chi connectivity index (χ4n) is 3.42. The molecular formula is C19H14N2O5. The van der Waals surface area contributed by atoms with Crippen LogP contribution in [0.15, 0.2) is 57.7 Å². The van der Waals surface area contributed by atoms with Crippen LogP contribution in [-0.4, -0.2) is 22.3 Å².